The van der Waals surface area contributed by atoms with E-state index in [1.807, 2.05) is 18.0 Å². The van der Waals surface area contributed by atoms with E-state index in [0.717, 1.165) is 30.2 Å². The van der Waals surface area contributed by atoms with Crippen LogP contribution in [0.15, 0.2) is 30.5 Å². The lowest BCUT2D eigenvalue weighted by molar-refractivity contribution is 0.644. The predicted molar refractivity (Wildman–Crippen MR) is 88.4 cm³/mol. The van der Waals surface area contributed by atoms with E-state index in [4.69, 9.17) is 10.7 Å². The van der Waals surface area contributed by atoms with E-state index in [-0.39, 0.29) is 4.75 Å². The van der Waals surface area contributed by atoms with Crippen LogP contribution in [-0.4, -0.2) is 28.6 Å². The van der Waals surface area contributed by atoms with E-state index in [1.165, 1.54) is 10.8 Å². The zero-order chi connectivity index (χ0) is 14.2. The van der Waals surface area contributed by atoms with Crippen LogP contribution < -0.4 is 10.6 Å². The van der Waals surface area contributed by atoms with Gasteiger partial charge in [0.1, 0.15) is 5.82 Å². The van der Waals surface area contributed by atoms with Gasteiger partial charge in [0, 0.05) is 41.7 Å². The highest BCUT2D eigenvalue weighted by atomic mass is 32.2. The Morgan fingerprint density at radius 1 is 1.30 bits per heavy atom. The molecule has 1 aliphatic heterocycles. The summed E-state index contributed by atoms with van der Waals surface area (Å²) in [6.45, 7) is 7.25. The van der Waals surface area contributed by atoms with Crippen LogP contribution in [0.3, 0.4) is 0 Å². The van der Waals surface area contributed by atoms with Crippen molar-refractivity contribution in [2.45, 2.75) is 25.1 Å². The second-order valence-electron chi connectivity index (χ2n) is 5.89. The maximum atomic E-state index is 5.83. The van der Waals surface area contributed by atoms with Crippen molar-refractivity contribution in [3.05, 3.63) is 36.0 Å². The lowest BCUT2D eigenvalue weighted by Gasteiger charge is -2.38. The summed E-state index contributed by atoms with van der Waals surface area (Å²) in [7, 11) is 0. The van der Waals surface area contributed by atoms with Crippen molar-refractivity contribution in [2.75, 3.05) is 23.7 Å². The molecule has 0 saturated carbocycles. The van der Waals surface area contributed by atoms with Gasteiger partial charge >= 0.3 is 0 Å². The van der Waals surface area contributed by atoms with Crippen molar-refractivity contribution >= 4 is 28.4 Å². The Morgan fingerprint density at radius 2 is 2.05 bits per heavy atom. The number of hydrogen-bond acceptors (Lipinski definition) is 4. The van der Waals surface area contributed by atoms with Crippen molar-refractivity contribution in [3.8, 4) is 0 Å². The van der Waals surface area contributed by atoms with Crippen LogP contribution in [0.5, 0.6) is 0 Å². The van der Waals surface area contributed by atoms with E-state index < -0.39 is 0 Å². The molecular formula is C16H21N3S. The molecule has 0 atom stereocenters. The number of rotatable bonds is 2. The largest absolute Gasteiger partial charge is 0.354 e. The van der Waals surface area contributed by atoms with Crippen molar-refractivity contribution in [1.29, 1.82) is 0 Å². The molecule has 0 bridgehead atoms. The highest BCUT2D eigenvalue weighted by Crippen LogP contribution is 2.34. The van der Waals surface area contributed by atoms with E-state index in [0.29, 0.717) is 6.54 Å². The quantitative estimate of drug-likeness (QED) is 0.922. The number of hydrogen-bond donors (Lipinski definition) is 1. The Balaban J connectivity index is 2.08. The molecule has 0 aliphatic carbocycles. The van der Waals surface area contributed by atoms with Crippen LogP contribution in [0.4, 0.5) is 5.82 Å². The summed E-state index contributed by atoms with van der Waals surface area (Å²) < 4.78 is 0.285. The highest BCUT2D eigenvalue weighted by molar-refractivity contribution is 8.00. The molecule has 3 nitrogen and oxygen atoms in total. The fourth-order valence-electron chi connectivity index (χ4n) is 2.85. The molecule has 3 rings (SSSR count). The normalized spacial score (nSPS) is 18.4. The Bertz CT molecular complexity index is 624. The van der Waals surface area contributed by atoms with Crippen molar-refractivity contribution < 1.29 is 0 Å². The molecular weight excluding hydrogens is 266 g/mol. The number of anilines is 1. The topological polar surface area (TPSA) is 42.2 Å². The van der Waals surface area contributed by atoms with Crippen LogP contribution in [0.2, 0.25) is 0 Å². The van der Waals surface area contributed by atoms with Gasteiger partial charge in [-0.15, -0.1) is 0 Å². The molecule has 106 valence electrons. The molecule has 1 aromatic heterocycles. The van der Waals surface area contributed by atoms with Crippen LogP contribution in [0, 0.1) is 0 Å². The zero-order valence-corrected chi connectivity index (χ0v) is 12.9. The first-order chi connectivity index (χ1) is 9.61. The first-order valence-electron chi connectivity index (χ1n) is 7.06. The standard InChI is InChI=1S/C16H21N3S/c1-16(2)11-19(7-8-20-16)15-14-6-4-3-5-13(14)12(9-17)10-18-15/h3-6,10H,7-9,11,17H2,1-2H3. The van der Waals surface area contributed by atoms with Crippen molar-refractivity contribution in [3.63, 3.8) is 0 Å². The molecule has 2 heterocycles. The molecule has 1 saturated heterocycles. The SMILES string of the molecule is CC1(C)CN(c2ncc(CN)c3ccccc23)CCS1. The third-order valence-electron chi connectivity index (χ3n) is 3.80. The van der Waals surface area contributed by atoms with Crippen LogP contribution >= 0.6 is 11.8 Å². The summed E-state index contributed by atoms with van der Waals surface area (Å²) in [5, 5.41) is 2.45. The number of benzene rings is 1. The Hall–Kier alpha value is -1.26. The third-order valence-corrected chi connectivity index (χ3v) is 5.10. The molecule has 1 aromatic carbocycles. The minimum atomic E-state index is 0.285. The Morgan fingerprint density at radius 3 is 2.75 bits per heavy atom. The summed E-state index contributed by atoms with van der Waals surface area (Å²) in [5.74, 6) is 2.26. The van der Waals surface area contributed by atoms with E-state index in [9.17, 15) is 0 Å². The van der Waals surface area contributed by atoms with Gasteiger partial charge in [0.25, 0.3) is 0 Å². The molecule has 20 heavy (non-hydrogen) atoms. The maximum absolute atomic E-state index is 5.83. The molecule has 1 fully saturated rings. The third kappa shape index (κ3) is 2.50. The highest BCUT2D eigenvalue weighted by Gasteiger charge is 2.28. The Kier molecular flexibility index (Phi) is 3.61. The minimum absolute atomic E-state index is 0.285. The van der Waals surface area contributed by atoms with E-state index >= 15 is 0 Å². The Labute approximate surface area is 124 Å². The number of fused-ring (bicyclic) bond motifs is 1. The molecule has 0 radical (unpaired) electrons. The molecule has 0 amide bonds. The fraction of sp³-hybridized carbons (Fsp3) is 0.438. The predicted octanol–water partition coefficient (Wildman–Crippen LogP) is 3.03. The summed E-state index contributed by atoms with van der Waals surface area (Å²) in [4.78, 5) is 7.12. The number of aromatic nitrogens is 1. The van der Waals surface area contributed by atoms with Gasteiger partial charge in [0.15, 0.2) is 0 Å². The average Bonchev–Trinajstić information content (AvgIpc) is 2.45. The monoisotopic (exact) mass is 287 g/mol. The minimum Gasteiger partial charge on any atom is -0.354 e. The number of thioether (sulfide) groups is 1. The van der Waals surface area contributed by atoms with Gasteiger partial charge in [0.05, 0.1) is 0 Å². The van der Waals surface area contributed by atoms with Crippen LogP contribution in [0.1, 0.15) is 19.4 Å². The van der Waals surface area contributed by atoms with Crippen molar-refractivity contribution in [1.82, 2.24) is 4.98 Å². The average molecular weight is 287 g/mol. The van der Waals surface area contributed by atoms with E-state index in [2.05, 4.69) is 43.0 Å². The molecule has 2 aromatic rings. The summed E-state index contributed by atoms with van der Waals surface area (Å²) in [5.41, 5.74) is 6.95. The molecule has 4 heteroatoms. The molecule has 1 aliphatic rings. The fourth-order valence-corrected chi connectivity index (χ4v) is 3.96. The van der Waals surface area contributed by atoms with Gasteiger partial charge in [-0.1, -0.05) is 24.3 Å². The van der Waals surface area contributed by atoms with Gasteiger partial charge in [-0.05, 0) is 24.8 Å². The number of nitrogens with two attached hydrogens (primary N) is 1. The second kappa shape index (κ2) is 5.26. The first kappa shape index (κ1) is 13.7. The maximum Gasteiger partial charge on any atom is 0.136 e. The van der Waals surface area contributed by atoms with Gasteiger partial charge in [-0.3, -0.25) is 0 Å². The molecule has 0 spiro atoms. The zero-order valence-electron chi connectivity index (χ0n) is 12.1. The lowest BCUT2D eigenvalue weighted by Crippen LogP contribution is -2.43. The molecule has 2 N–H and O–H groups in total. The van der Waals surface area contributed by atoms with Crippen LogP contribution in [0.25, 0.3) is 10.8 Å². The summed E-state index contributed by atoms with van der Waals surface area (Å²) >= 11 is 2.04. The number of pyridine rings is 1. The van der Waals surface area contributed by atoms with E-state index in [1.54, 1.807) is 0 Å². The van der Waals surface area contributed by atoms with Crippen molar-refractivity contribution in [2.24, 2.45) is 5.73 Å². The molecule has 0 unspecified atom stereocenters. The van der Waals surface area contributed by atoms with Gasteiger partial charge in [-0.2, -0.15) is 11.8 Å². The first-order valence-corrected chi connectivity index (χ1v) is 8.05. The van der Waals surface area contributed by atoms with Crippen LogP contribution in [-0.2, 0) is 6.54 Å². The summed E-state index contributed by atoms with van der Waals surface area (Å²) in [6, 6.07) is 8.46. The number of nitrogens with zero attached hydrogens (tertiary/aromatic N) is 2. The van der Waals surface area contributed by atoms with Gasteiger partial charge in [0.2, 0.25) is 0 Å². The summed E-state index contributed by atoms with van der Waals surface area (Å²) in [6.07, 6.45) is 1.94. The van der Waals surface area contributed by atoms with Gasteiger partial charge < -0.3 is 10.6 Å². The van der Waals surface area contributed by atoms with Gasteiger partial charge in [-0.25, -0.2) is 4.98 Å². The smallest absolute Gasteiger partial charge is 0.136 e. The lowest BCUT2D eigenvalue weighted by atomic mass is 10.1. The second-order valence-corrected chi connectivity index (χ2v) is 7.69.